The van der Waals surface area contributed by atoms with E-state index in [4.69, 9.17) is 0 Å². The van der Waals surface area contributed by atoms with Crippen molar-refractivity contribution in [2.75, 3.05) is 6.54 Å². The molecule has 2 aromatic heterocycles. The molecule has 0 unspecified atom stereocenters. The van der Waals surface area contributed by atoms with Crippen LogP contribution < -0.4 is 5.32 Å². The molecule has 4 rings (SSSR count). The van der Waals surface area contributed by atoms with Gasteiger partial charge < -0.3 is 9.88 Å². The molecule has 0 bridgehead atoms. The standard InChI is InChI=1S/C21H22N4OS/c26-20(11-5-12-21-24-17-8-2-4-10-19(17)27-21)22-13-6-14-25-15-23-16-7-1-3-9-18(16)25/h1-4,7-10,15H,5-6,11-14H2,(H,22,26). The summed E-state index contributed by atoms with van der Waals surface area (Å²) in [6, 6.07) is 16.3. The van der Waals surface area contributed by atoms with Gasteiger partial charge in [-0.1, -0.05) is 24.3 Å². The second kappa shape index (κ2) is 8.31. The summed E-state index contributed by atoms with van der Waals surface area (Å²) in [6.45, 7) is 1.54. The molecule has 1 N–H and O–H groups in total. The van der Waals surface area contributed by atoms with Crippen LogP contribution in [-0.2, 0) is 17.8 Å². The number of carbonyl (C=O) groups is 1. The van der Waals surface area contributed by atoms with Crippen LogP contribution in [-0.4, -0.2) is 27.0 Å². The first-order valence-electron chi connectivity index (χ1n) is 9.30. The molecule has 0 spiro atoms. The van der Waals surface area contributed by atoms with Crippen molar-refractivity contribution in [2.24, 2.45) is 0 Å². The van der Waals surface area contributed by atoms with Crippen LogP contribution in [0.5, 0.6) is 0 Å². The second-order valence-electron chi connectivity index (χ2n) is 6.56. The smallest absolute Gasteiger partial charge is 0.220 e. The van der Waals surface area contributed by atoms with Crippen LogP contribution in [0.2, 0.25) is 0 Å². The Bertz CT molecular complexity index is 1020. The minimum atomic E-state index is 0.117. The Morgan fingerprint density at radius 3 is 2.74 bits per heavy atom. The van der Waals surface area contributed by atoms with Gasteiger partial charge in [0.25, 0.3) is 0 Å². The first kappa shape index (κ1) is 17.7. The highest BCUT2D eigenvalue weighted by atomic mass is 32.1. The van der Waals surface area contributed by atoms with E-state index in [-0.39, 0.29) is 5.91 Å². The molecule has 0 aliphatic carbocycles. The molecular weight excluding hydrogens is 356 g/mol. The van der Waals surface area contributed by atoms with E-state index >= 15 is 0 Å². The van der Waals surface area contributed by atoms with Gasteiger partial charge in [-0.3, -0.25) is 4.79 Å². The number of aromatic nitrogens is 3. The van der Waals surface area contributed by atoms with Crippen LogP contribution in [0.4, 0.5) is 0 Å². The van der Waals surface area contributed by atoms with Crippen molar-refractivity contribution < 1.29 is 4.79 Å². The van der Waals surface area contributed by atoms with E-state index in [9.17, 15) is 4.79 Å². The number of thiazole rings is 1. The molecule has 0 radical (unpaired) electrons. The SMILES string of the molecule is O=C(CCCc1nc2ccccc2s1)NCCCn1cnc2ccccc21. The molecule has 2 heterocycles. The molecule has 0 atom stereocenters. The molecule has 0 saturated carbocycles. The number of nitrogens with one attached hydrogen (secondary N) is 1. The van der Waals surface area contributed by atoms with Crippen molar-refractivity contribution in [3.05, 3.63) is 59.9 Å². The fourth-order valence-electron chi connectivity index (χ4n) is 3.18. The molecule has 6 heteroatoms. The van der Waals surface area contributed by atoms with Gasteiger partial charge in [0.15, 0.2) is 0 Å². The lowest BCUT2D eigenvalue weighted by Crippen LogP contribution is -2.25. The summed E-state index contributed by atoms with van der Waals surface area (Å²) in [5.74, 6) is 0.117. The van der Waals surface area contributed by atoms with Gasteiger partial charge in [0.1, 0.15) is 0 Å². The molecule has 4 aromatic rings. The Morgan fingerprint density at radius 1 is 1.04 bits per heavy atom. The van der Waals surface area contributed by atoms with Gasteiger partial charge >= 0.3 is 0 Å². The maximum atomic E-state index is 12.0. The summed E-state index contributed by atoms with van der Waals surface area (Å²) in [5, 5.41) is 4.12. The Kier molecular flexibility index (Phi) is 5.44. The lowest BCUT2D eigenvalue weighted by Gasteiger charge is -2.06. The van der Waals surface area contributed by atoms with Gasteiger partial charge in [0.05, 0.1) is 32.6 Å². The molecule has 138 valence electrons. The predicted molar refractivity (Wildman–Crippen MR) is 110 cm³/mol. The van der Waals surface area contributed by atoms with E-state index in [1.165, 1.54) is 4.70 Å². The van der Waals surface area contributed by atoms with Crippen LogP contribution in [0.25, 0.3) is 21.3 Å². The van der Waals surface area contributed by atoms with Gasteiger partial charge in [-0.05, 0) is 43.5 Å². The maximum absolute atomic E-state index is 12.0. The zero-order valence-electron chi connectivity index (χ0n) is 15.1. The highest BCUT2D eigenvalue weighted by Gasteiger charge is 2.06. The summed E-state index contributed by atoms with van der Waals surface area (Å²) in [4.78, 5) is 21.0. The number of hydrogen-bond acceptors (Lipinski definition) is 4. The Balaban J connectivity index is 1.16. The lowest BCUT2D eigenvalue weighted by atomic mass is 10.2. The van der Waals surface area contributed by atoms with Gasteiger partial charge in [-0.15, -0.1) is 11.3 Å². The number of amides is 1. The fraction of sp³-hybridized carbons (Fsp3) is 0.286. The first-order valence-corrected chi connectivity index (χ1v) is 10.1. The average Bonchev–Trinajstić information content (AvgIpc) is 3.29. The van der Waals surface area contributed by atoms with Crippen LogP contribution in [0.3, 0.4) is 0 Å². The first-order chi connectivity index (χ1) is 13.3. The zero-order chi connectivity index (χ0) is 18.5. The minimum absolute atomic E-state index is 0.117. The highest BCUT2D eigenvalue weighted by molar-refractivity contribution is 7.18. The summed E-state index contributed by atoms with van der Waals surface area (Å²) in [6.07, 6.45) is 4.99. The number of imidazole rings is 1. The normalized spacial score (nSPS) is 11.3. The van der Waals surface area contributed by atoms with E-state index < -0.39 is 0 Å². The van der Waals surface area contributed by atoms with Crippen molar-refractivity contribution in [3.63, 3.8) is 0 Å². The number of carbonyl (C=O) groups excluding carboxylic acids is 1. The van der Waals surface area contributed by atoms with E-state index in [2.05, 4.69) is 32.0 Å². The number of benzene rings is 2. The molecule has 0 fully saturated rings. The van der Waals surface area contributed by atoms with E-state index in [0.29, 0.717) is 13.0 Å². The van der Waals surface area contributed by atoms with Gasteiger partial charge in [0.2, 0.25) is 5.91 Å². The van der Waals surface area contributed by atoms with Crippen LogP contribution >= 0.6 is 11.3 Å². The molecule has 5 nitrogen and oxygen atoms in total. The highest BCUT2D eigenvalue weighted by Crippen LogP contribution is 2.22. The van der Waals surface area contributed by atoms with Crippen molar-refractivity contribution in [3.8, 4) is 0 Å². The lowest BCUT2D eigenvalue weighted by molar-refractivity contribution is -0.121. The van der Waals surface area contributed by atoms with Crippen molar-refractivity contribution in [1.29, 1.82) is 0 Å². The largest absolute Gasteiger partial charge is 0.356 e. The Hall–Kier alpha value is -2.73. The third-order valence-corrected chi connectivity index (χ3v) is 5.65. The molecule has 27 heavy (non-hydrogen) atoms. The molecule has 0 saturated heterocycles. The fourth-order valence-corrected chi connectivity index (χ4v) is 4.19. The quantitative estimate of drug-likeness (QED) is 0.468. The van der Waals surface area contributed by atoms with E-state index in [1.807, 2.05) is 42.7 Å². The number of para-hydroxylation sites is 3. The van der Waals surface area contributed by atoms with Crippen molar-refractivity contribution in [2.45, 2.75) is 32.2 Å². The van der Waals surface area contributed by atoms with Crippen LogP contribution in [0.15, 0.2) is 54.9 Å². The van der Waals surface area contributed by atoms with Gasteiger partial charge in [-0.2, -0.15) is 0 Å². The maximum Gasteiger partial charge on any atom is 0.220 e. The molecule has 2 aromatic carbocycles. The number of aryl methyl sites for hydroxylation is 2. The van der Waals surface area contributed by atoms with Gasteiger partial charge in [-0.25, -0.2) is 9.97 Å². The molecule has 1 amide bonds. The zero-order valence-corrected chi connectivity index (χ0v) is 15.9. The third-order valence-electron chi connectivity index (χ3n) is 4.56. The van der Waals surface area contributed by atoms with E-state index in [0.717, 1.165) is 47.4 Å². The summed E-state index contributed by atoms with van der Waals surface area (Å²) in [5.41, 5.74) is 3.20. The van der Waals surface area contributed by atoms with Gasteiger partial charge in [0, 0.05) is 19.5 Å². The Labute approximate surface area is 162 Å². The molecule has 0 aliphatic rings. The van der Waals surface area contributed by atoms with Crippen LogP contribution in [0.1, 0.15) is 24.3 Å². The summed E-state index contributed by atoms with van der Waals surface area (Å²) >= 11 is 1.72. The summed E-state index contributed by atoms with van der Waals surface area (Å²) < 4.78 is 3.35. The number of hydrogen-bond donors (Lipinski definition) is 1. The monoisotopic (exact) mass is 378 g/mol. The molecular formula is C21H22N4OS. The third kappa shape index (κ3) is 4.34. The predicted octanol–water partition coefficient (Wildman–Crippen LogP) is 4.18. The van der Waals surface area contributed by atoms with Crippen molar-refractivity contribution >= 4 is 38.5 Å². The number of fused-ring (bicyclic) bond motifs is 2. The molecule has 0 aliphatic heterocycles. The number of nitrogens with zero attached hydrogens (tertiary/aromatic N) is 3. The average molecular weight is 379 g/mol. The van der Waals surface area contributed by atoms with E-state index in [1.54, 1.807) is 11.3 Å². The van der Waals surface area contributed by atoms with Crippen molar-refractivity contribution in [1.82, 2.24) is 19.9 Å². The second-order valence-corrected chi connectivity index (χ2v) is 7.67. The minimum Gasteiger partial charge on any atom is -0.356 e. The topological polar surface area (TPSA) is 59.8 Å². The summed E-state index contributed by atoms with van der Waals surface area (Å²) in [7, 11) is 0. The number of rotatable bonds is 8. The Morgan fingerprint density at radius 2 is 1.85 bits per heavy atom. The van der Waals surface area contributed by atoms with Crippen LogP contribution in [0, 0.1) is 0 Å².